The number of halogens is 1. The topological polar surface area (TPSA) is 38.7 Å². The van der Waals surface area contributed by atoms with E-state index in [9.17, 15) is 5.11 Å². The molecule has 0 radical (unpaired) electrons. The van der Waals surface area contributed by atoms with Gasteiger partial charge in [0, 0.05) is 13.2 Å². The summed E-state index contributed by atoms with van der Waals surface area (Å²) < 4.78 is 12.5. The van der Waals surface area contributed by atoms with Gasteiger partial charge in [0.1, 0.15) is 17.3 Å². The van der Waals surface area contributed by atoms with Gasteiger partial charge in [0.2, 0.25) is 8.32 Å². The molecule has 34 heavy (non-hydrogen) atoms. The third-order valence-corrected chi connectivity index (χ3v) is 17.3. The van der Waals surface area contributed by atoms with Gasteiger partial charge < -0.3 is 31.3 Å². The van der Waals surface area contributed by atoms with Crippen LogP contribution < -0.4 is 27.0 Å². The molecule has 0 amide bonds. The standard InChI is InChI=1S/C28H47O3PSi.BrH/c1-30-33(2,3)22-31-27-20-19-23(29)21-28(27)32(24-13-7-4-8-14-24,25-15-9-5-10-16-25)26-17-11-6-12-18-26;/h19-21,24-26H,4-18,22H2,1-3H3;1H. The van der Waals surface area contributed by atoms with E-state index in [0.717, 1.165) is 22.7 Å². The molecule has 3 fully saturated rings. The van der Waals surface area contributed by atoms with E-state index >= 15 is 0 Å². The molecule has 6 heteroatoms. The quantitative estimate of drug-likeness (QED) is 0.360. The van der Waals surface area contributed by atoms with E-state index in [1.54, 1.807) is 0 Å². The number of hydrogen-bond acceptors (Lipinski definition) is 3. The van der Waals surface area contributed by atoms with Gasteiger partial charge in [-0.1, -0.05) is 19.3 Å². The molecule has 0 aliphatic heterocycles. The van der Waals surface area contributed by atoms with Crippen LogP contribution in [0.3, 0.4) is 0 Å². The van der Waals surface area contributed by atoms with Crippen LogP contribution in [0.2, 0.25) is 13.1 Å². The van der Waals surface area contributed by atoms with Gasteiger partial charge in [-0.15, -0.1) is 0 Å². The van der Waals surface area contributed by atoms with Crippen LogP contribution in [0.1, 0.15) is 96.3 Å². The highest BCUT2D eigenvalue weighted by Gasteiger charge is 2.60. The van der Waals surface area contributed by atoms with Crippen molar-refractivity contribution in [1.29, 1.82) is 0 Å². The predicted molar refractivity (Wildman–Crippen MR) is 145 cm³/mol. The first-order chi connectivity index (χ1) is 16.0. The first-order valence-electron chi connectivity index (χ1n) is 13.9. The molecule has 0 saturated heterocycles. The van der Waals surface area contributed by atoms with Gasteiger partial charge in [-0.2, -0.15) is 0 Å². The smallest absolute Gasteiger partial charge is 0.224 e. The van der Waals surface area contributed by atoms with Crippen LogP contribution in [-0.4, -0.2) is 43.7 Å². The summed E-state index contributed by atoms with van der Waals surface area (Å²) in [6.07, 6.45) is 21.6. The molecule has 1 aromatic rings. The molecule has 0 bridgehead atoms. The monoisotopic (exact) mass is 570 g/mol. The van der Waals surface area contributed by atoms with Crippen molar-refractivity contribution in [3.63, 3.8) is 0 Å². The van der Waals surface area contributed by atoms with Crippen molar-refractivity contribution in [2.24, 2.45) is 0 Å². The molecule has 0 spiro atoms. The van der Waals surface area contributed by atoms with E-state index in [1.807, 2.05) is 13.2 Å². The maximum atomic E-state index is 10.8. The number of benzene rings is 1. The summed E-state index contributed by atoms with van der Waals surface area (Å²) in [6, 6.07) is 6.15. The zero-order valence-electron chi connectivity index (χ0n) is 21.9. The van der Waals surface area contributed by atoms with Crippen molar-refractivity contribution in [3.8, 4) is 11.5 Å². The number of rotatable bonds is 8. The Hall–Kier alpha value is -0.0931. The predicted octanol–water partition coefficient (Wildman–Crippen LogP) is 4.81. The van der Waals surface area contributed by atoms with Crippen LogP contribution in [0.25, 0.3) is 0 Å². The molecule has 3 aliphatic rings. The lowest BCUT2D eigenvalue weighted by molar-refractivity contribution is -0.00000890. The zero-order chi connectivity index (χ0) is 23.3. The van der Waals surface area contributed by atoms with Gasteiger partial charge in [-0.25, -0.2) is 0 Å². The highest BCUT2D eigenvalue weighted by molar-refractivity contribution is 7.85. The van der Waals surface area contributed by atoms with Gasteiger partial charge >= 0.3 is 0 Å². The lowest BCUT2D eigenvalue weighted by Gasteiger charge is -2.49. The Morgan fingerprint density at radius 3 is 1.65 bits per heavy atom. The van der Waals surface area contributed by atoms with Crippen LogP contribution in [-0.2, 0) is 4.43 Å². The summed E-state index contributed by atoms with van der Waals surface area (Å²) in [5, 5.41) is 12.3. The summed E-state index contributed by atoms with van der Waals surface area (Å²) >= 11 is 0. The van der Waals surface area contributed by atoms with Gasteiger partial charge in [0.05, 0.1) is 24.2 Å². The van der Waals surface area contributed by atoms with Crippen LogP contribution in [0, 0.1) is 0 Å². The maximum Gasteiger partial charge on any atom is 0.224 e. The van der Waals surface area contributed by atoms with Gasteiger partial charge in [-0.05, 0) is 102 Å². The average molecular weight is 572 g/mol. The Bertz CT molecular complexity index is 710. The van der Waals surface area contributed by atoms with Crippen molar-refractivity contribution in [3.05, 3.63) is 18.2 Å². The number of phenols is 1. The molecule has 4 rings (SSSR count). The fourth-order valence-corrected chi connectivity index (χ4v) is 15.4. The van der Waals surface area contributed by atoms with Crippen molar-refractivity contribution in [1.82, 2.24) is 0 Å². The second-order valence-electron chi connectivity index (χ2n) is 11.6. The first-order valence-corrected chi connectivity index (χ1v) is 19.0. The van der Waals surface area contributed by atoms with Crippen molar-refractivity contribution in [2.45, 2.75) is 126 Å². The summed E-state index contributed by atoms with van der Waals surface area (Å²) in [5.74, 6) is 1.52. The Labute approximate surface area is 221 Å². The van der Waals surface area contributed by atoms with Crippen molar-refractivity contribution < 1.29 is 31.3 Å². The van der Waals surface area contributed by atoms with Gasteiger partial charge in [-0.3, -0.25) is 0 Å². The van der Waals surface area contributed by atoms with E-state index in [1.165, 1.54) is 102 Å². The molecule has 0 aromatic heterocycles. The van der Waals surface area contributed by atoms with Crippen LogP contribution in [0.15, 0.2) is 18.2 Å². The minimum Gasteiger partial charge on any atom is -1.00 e. The van der Waals surface area contributed by atoms with Crippen LogP contribution >= 0.6 is 7.26 Å². The normalized spacial score (nSPS) is 21.7. The van der Waals surface area contributed by atoms with E-state index in [0.29, 0.717) is 12.0 Å². The molecule has 1 N–H and O–H groups in total. The molecule has 3 aliphatic carbocycles. The average Bonchev–Trinajstić information content (AvgIpc) is 2.86. The lowest BCUT2D eigenvalue weighted by atomic mass is 9.99. The fourth-order valence-electron chi connectivity index (χ4n) is 7.25. The Morgan fingerprint density at radius 1 is 0.794 bits per heavy atom. The van der Waals surface area contributed by atoms with Crippen molar-refractivity contribution in [2.75, 3.05) is 13.3 Å². The van der Waals surface area contributed by atoms with Crippen LogP contribution in [0.4, 0.5) is 0 Å². The highest BCUT2D eigenvalue weighted by Crippen LogP contribution is 2.77. The number of hydrogen-bond donors (Lipinski definition) is 1. The molecule has 3 nitrogen and oxygen atoms in total. The van der Waals surface area contributed by atoms with E-state index in [4.69, 9.17) is 9.16 Å². The lowest BCUT2D eigenvalue weighted by Crippen LogP contribution is -3.00. The number of phenolic OH excluding ortho intramolecular Hbond substituents is 1. The van der Waals surface area contributed by atoms with Crippen LogP contribution in [0.5, 0.6) is 11.5 Å². The first kappa shape index (κ1) is 28.5. The van der Waals surface area contributed by atoms with Crippen molar-refractivity contribution >= 4 is 20.9 Å². The second-order valence-corrected chi connectivity index (χ2v) is 20.2. The zero-order valence-corrected chi connectivity index (χ0v) is 25.3. The molecular weight excluding hydrogens is 523 g/mol. The number of ether oxygens (including phenoxy) is 1. The Kier molecular flexibility index (Phi) is 10.8. The largest absolute Gasteiger partial charge is 1.00 e. The van der Waals surface area contributed by atoms with Gasteiger partial charge in [0.25, 0.3) is 0 Å². The summed E-state index contributed by atoms with van der Waals surface area (Å²) in [5.41, 5.74) is 2.48. The molecule has 0 unspecified atom stereocenters. The minimum absolute atomic E-state index is 0. The minimum atomic E-state index is -1.85. The maximum absolute atomic E-state index is 10.8. The Morgan fingerprint density at radius 2 is 1.24 bits per heavy atom. The third kappa shape index (κ3) is 6.24. The fraction of sp³-hybridized carbons (Fsp3) is 0.786. The van der Waals surface area contributed by atoms with E-state index in [2.05, 4.69) is 25.2 Å². The Balaban J connectivity index is 0.00000324. The molecule has 0 atom stereocenters. The second kappa shape index (κ2) is 12.9. The third-order valence-electron chi connectivity index (χ3n) is 9.02. The van der Waals surface area contributed by atoms with Gasteiger partial charge in [0.15, 0.2) is 5.75 Å². The highest BCUT2D eigenvalue weighted by atomic mass is 79.9. The SMILES string of the molecule is CO[Si](C)(C)COc1ccc(O)cc1[P+](C1CCCCC1)(C1CCCCC1)C1CCCCC1.[Br-]. The molecule has 0 heterocycles. The molecule has 3 saturated carbocycles. The molecule has 194 valence electrons. The summed E-state index contributed by atoms with van der Waals surface area (Å²) in [6.45, 7) is 4.47. The summed E-state index contributed by atoms with van der Waals surface area (Å²) in [7, 11) is -1.56. The molecular formula is C28H48BrO3PSi. The molecule has 1 aromatic carbocycles. The van der Waals surface area contributed by atoms with E-state index in [-0.39, 0.29) is 17.0 Å². The number of aromatic hydroxyl groups is 1. The van der Waals surface area contributed by atoms with E-state index < -0.39 is 15.6 Å². The summed E-state index contributed by atoms with van der Waals surface area (Å²) in [4.78, 5) is 0.